The molecule has 138 valence electrons. The Morgan fingerprint density at radius 1 is 1.04 bits per heavy atom. The molecule has 4 heteroatoms. The number of aromatic nitrogens is 1. The van der Waals surface area contributed by atoms with Crippen LogP contribution in [0.15, 0.2) is 60.8 Å². The van der Waals surface area contributed by atoms with E-state index < -0.39 is 5.78 Å². The average Bonchev–Trinajstić information content (AvgIpc) is 3.13. The van der Waals surface area contributed by atoms with Crippen molar-refractivity contribution in [1.29, 1.82) is 0 Å². The monoisotopic (exact) mass is 360 g/mol. The number of hydrogen-bond donors (Lipinski definition) is 0. The van der Waals surface area contributed by atoms with Crippen LogP contribution in [-0.2, 0) is 4.79 Å². The molecular formula is C23H24N2O2. The van der Waals surface area contributed by atoms with Crippen molar-refractivity contribution in [3.05, 3.63) is 66.5 Å². The first-order valence-electron chi connectivity index (χ1n) is 9.71. The number of amides is 1. The first kappa shape index (κ1) is 17.5. The summed E-state index contributed by atoms with van der Waals surface area (Å²) >= 11 is 0. The highest BCUT2D eigenvalue weighted by atomic mass is 16.2. The van der Waals surface area contributed by atoms with Crippen molar-refractivity contribution in [2.24, 2.45) is 0 Å². The summed E-state index contributed by atoms with van der Waals surface area (Å²) in [4.78, 5) is 28.3. The van der Waals surface area contributed by atoms with Gasteiger partial charge in [0.2, 0.25) is 0 Å². The number of likely N-dealkylation sites (tertiary alicyclic amines) is 1. The second kappa shape index (κ2) is 7.39. The van der Waals surface area contributed by atoms with Crippen LogP contribution in [0.5, 0.6) is 0 Å². The fraction of sp³-hybridized carbons (Fsp3) is 0.304. The van der Waals surface area contributed by atoms with Gasteiger partial charge in [0.1, 0.15) is 5.69 Å². The predicted molar refractivity (Wildman–Crippen MR) is 107 cm³/mol. The van der Waals surface area contributed by atoms with Crippen molar-refractivity contribution in [3.8, 4) is 11.1 Å². The van der Waals surface area contributed by atoms with Crippen molar-refractivity contribution in [2.45, 2.75) is 38.6 Å². The number of hydrogen-bond acceptors (Lipinski definition) is 2. The molecule has 3 aromatic rings. The molecule has 4 nitrogen and oxygen atoms in total. The van der Waals surface area contributed by atoms with E-state index in [1.165, 1.54) is 0 Å². The minimum atomic E-state index is -0.416. The maximum absolute atomic E-state index is 13.4. The second-order valence-corrected chi connectivity index (χ2v) is 7.15. The van der Waals surface area contributed by atoms with E-state index >= 15 is 0 Å². The number of fused-ring (bicyclic) bond motifs is 1. The van der Waals surface area contributed by atoms with Gasteiger partial charge in [-0.2, -0.15) is 0 Å². The van der Waals surface area contributed by atoms with Crippen LogP contribution < -0.4 is 0 Å². The van der Waals surface area contributed by atoms with Crippen LogP contribution >= 0.6 is 0 Å². The van der Waals surface area contributed by atoms with Crippen molar-refractivity contribution in [3.63, 3.8) is 0 Å². The average molecular weight is 360 g/mol. The summed E-state index contributed by atoms with van der Waals surface area (Å²) in [6, 6.07) is 17.8. The Morgan fingerprint density at radius 2 is 1.81 bits per heavy atom. The van der Waals surface area contributed by atoms with Crippen LogP contribution in [0.4, 0.5) is 0 Å². The number of nitrogens with zero attached hydrogens (tertiary/aromatic N) is 2. The number of pyridine rings is 1. The van der Waals surface area contributed by atoms with Gasteiger partial charge in [0.25, 0.3) is 11.7 Å². The van der Waals surface area contributed by atoms with Gasteiger partial charge in [0, 0.05) is 29.9 Å². The fourth-order valence-corrected chi connectivity index (χ4v) is 4.12. The molecule has 1 aromatic carbocycles. The molecule has 1 amide bonds. The first-order valence-corrected chi connectivity index (χ1v) is 9.71. The number of carbonyl (C=O) groups is 2. The van der Waals surface area contributed by atoms with E-state index in [1.54, 1.807) is 4.90 Å². The van der Waals surface area contributed by atoms with Crippen molar-refractivity contribution >= 4 is 17.2 Å². The summed E-state index contributed by atoms with van der Waals surface area (Å²) in [5.74, 6) is -0.789. The molecule has 2 aromatic heterocycles. The Morgan fingerprint density at radius 3 is 2.59 bits per heavy atom. The maximum Gasteiger partial charge on any atom is 0.296 e. The summed E-state index contributed by atoms with van der Waals surface area (Å²) in [6.45, 7) is 2.76. The Bertz CT molecular complexity index is 974. The third-order valence-corrected chi connectivity index (χ3v) is 5.53. The number of Topliss-reactive ketones (excluding diaryl/α,β-unsaturated/α-hetero) is 1. The molecule has 4 rings (SSSR count). The second-order valence-electron chi connectivity index (χ2n) is 7.15. The third-order valence-electron chi connectivity index (χ3n) is 5.53. The van der Waals surface area contributed by atoms with Crippen LogP contribution in [0.2, 0.25) is 0 Å². The number of piperidine rings is 1. The van der Waals surface area contributed by atoms with Gasteiger partial charge in [0.15, 0.2) is 0 Å². The van der Waals surface area contributed by atoms with Crippen LogP contribution in [0.3, 0.4) is 0 Å². The van der Waals surface area contributed by atoms with Gasteiger partial charge in [-0.1, -0.05) is 43.3 Å². The lowest BCUT2D eigenvalue weighted by atomic mass is 9.98. The zero-order valence-corrected chi connectivity index (χ0v) is 15.6. The highest BCUT2D eigenvalue weighted by molar-refractivity contribution is 6.43. The van der Waals surface area contributed by atoms with E-state index in [-0.39, 0.29) is 11.9 Å². The van der Waals surface area contributed by atoms with E-state index in [9.17, 15) is 9.59 Å². The summed E-state index contributed by atoms with van der Waals surface area (Å²) < 4.78 is 1.84. The van der Waals surface area contributed by atoms with Gasteiger partial charge in [-0.05, 0) is 49.4 Å². The van der Waals surface area contributed by atoms with E-state index in [0.29, 0.717) is 12.2 Å². The summed E-state index contributed by atoms with van der Waals surface area (Å²) in [7, 11) is 0. The van der Waals surface area contributed by atoms with Crippen LogP contribution in [0.1, 0.15) is 43.1 Å². The van der Waals surface area contributed by atoms with E-state index in [4.69, 9.17) is 0 Å². The highest BCUT2D eigenvalue weighted by Gasteiger charge is 2.33. The fourth-order valence-electron chi connectivity index (χ4n) is 4.12. The molecule has 1 fully saturated rings. The third kappa shape index (κ3) is 3.16. The lowest BCUT2D eigenvalue weighted by molar-refractivity contribution is -0.130. The summed E-state index contributed by atoms with van der Waals surface area (Å²) in [5.41, 5.74) is 3.13. The molecule has 27 heavy (non-hydrogen) atoms. The van der Waals surface area contributed by atoms with Gasteiger partial charge < -0.3 is 9.30 Å². The van der Waals surface area contributed by atoms with Crippen LogP contribution in [0.25, 0.3) is 16.6 Å². The standard InChI is InChI=1S/C23H24N2O2/c1-2-18-12-6-9-15-25(18)23(27)22(26)21-20(17-10-4-3-5-11-17)16-19-13-7-8-14-24(19)21/h3-5,7-8,10-11,13-14,16,18H,2,6,9,12,15H2,1H3. The first-order chi connectivity index (χ1) is 13.2. The number of benzene rings is 1. The molecule has 0 radical (unpaired) electrons. The molecule has 0 N–H and O–H groups in total. The molecule has 3 heterocycles. The van der Waals surface area contributed by atoms with Crippen molar-refractivity contribution < 1.29 is 9.59 Å². The van der Waals surface area contributed by atoms with Crippen molar-refractivity contribution in [1.82, 2.24) is 9.30 Å². The molecule has 1 atom stereocenters. The maximum atomic E-state index is 13.4. The van der Waals surface area contributed by atoms with Crippen LogP contribution in [0, 0.1) is 0 Å². The summed E-state index contributed by atoms with van der Waals surface area (Å²) in [6.07, 6.45) is 5.82. The van der Waals surface area contributed by atoms with Crippen LogP contribution in [-0.4, -0.2) is 33.6 Å². The lowest BCUT2D eigenvalue weighted by Gasteiger charge is -2.34. The number of ketones is 1. The molecule has 0 saturated carbocycles. The molecular weight excluding hydrogens is 336 g/mol. The Hall–Kier alpha value is -2.88. The molecule has 1 saturated heterocycles. The summed E-state index contributed by atoms with van der Waals surface area (Å²) in [5, 5.41) is 0. The normalized spacial score (nSPS) is 17.2. The minimum absolute atomic E-state index is 0.168. The van der Waals surface area contributed by atoms with Gasteiger partial charge in [-0.25, -0.2) is 0 Å². The molecule has 1 aliphatic heterocycles. The topological polar surface area (TPSA) is 41.8 Å². The van der Waals surface area contributed by atoms with Gasteiger partial charge in [0.05, 0.1) is 0 Å². The van der Waals surface area contributed by atoms with E-state index in [1.807, 2.05) is 65.2 Å². The Balaban J connectivity index is 1.80. The molecule has 0 bridgehead atoms. The van der Waals surface area contributed by atoms with Gasteiger partial charge in [-0.3, -0.25) is 9.59 Å². The SMILES string of the molecule is CCC1CCCCN1C(=O)C(=O)c1c(-c2ccccc2)cc2ccccn12. The predicted octanol–water partition coefficient (Wildman–Crippen LogP) is 4.58. The quantitative estimate of drug-likeness (QED) is 0.505. The molecule has 1 aliphatic rings. The number of rotatable bonds is 4. The Labute approximate surface area is 159 Å². The molecule has 0 aliphatic carbocycles. The lowest BCUT2D eigenvalue weighted by Crippen LogP contribution is -2.46. The zero-order chi connectivity index (χ0) is 18.8. The Kier molecular flexibility index (Phi) is 4.80. The van der Waals surface area contributed by atoms with E-state index in [2.05, 4.69) is 6.92 Å². The van der Waals surface area contributed by atoms with Gasteiger partial charge >= 0.3 is 0 Å². The van der Waals surface area contributed by atoms with Gasteiger partial charge in [-0.15, -0.1) is 0 Å². The molecule has 0 spiro atoms. The number of carbonyl (C=O) groups excluding carboxylic acids is 2. The minimum Gasteiger partial charge on any atom is -0.333 e. The highest BCUT2D eigenvalue weighted by Crippen LogP contribution is 2.29. The smallest absolute Gasteiger partial charge is 0.296 e. The largest absolute Gasteiger partial charge is 0.333 e. The zero-order valence-electron chi connectivity index (χ0n) is 15.6. The molecule has 1 unspecified atom stereocenters. The van der Waals surface area contributed by atoms with E-state index in [0.717, 1.165) is 42.3 Å². The van der Waals surface area contributed by atoms with Crippen molar-refractivity contribution in [2.75, 3.05) is 6.54 Å².